The maximum atomic E-state index is 2.58. The minimum atomic E-state index is -1.22. The van der Waals surface area contributed by atoms with Crippen LogP contribution in [0.25, 0.3) is 22.0 Å². The van der Waals surface area contributed by atoms with Crippen LogP contribution in [0.15, 0.2) is 48.7 Å². The number of pyridine rings is 1. The summed E-state index contributed by atoms with van der Waals surface area (Å²) in [7, 11) is 0.948. The first-order valence-corrected chi connectivity index (χ1v) is 12.4. The van der Waals surface area contributed by atoms with Crippen LogP contribution in [0.3, 0.4) is 0 Å². The molecule has 2 heteroatoms. The highest BCUT2D eigenvalue weighted by Gasteiger charge is 2.33. The number of benzene rings is 2. The number of aryl methyl sites for hydroxylation is 3. The number of hydrogen-bond acceptors (Lipinski definition) is 0. The van der Waals surface area contributed by atoms with Crippen molar-refractivity contribution in [3.8, 4) is 11.3 Å². The van der Waals surface area contributed by atoms with Gasteiger partial charge in [-0.25, -0.2) is 4.57 Å². The molecule has 0 spiro atoms. The molecule has 1 fully saturated rings. The molecular formula is C23H28NSi+. The van der Waals surface area contributed by atoms with Gasteiger partial charge in [0.15, 0.2) is 6.20 Å². The summed E-state index contributed by atoms with van der Waals surface area (Å²) in [5.74, 6) is 0. The largest absolute Gasteiger partial charge is 0.220 e. The molecule has 1 aromatic heterocycles. The van der Waals surface area contributed by atoms with Gasteiger partial charge in [-0.05, 0) is 36.9 Å². The lowest BCUT2D eigenvalue weighted by molar-refractivity contribution is -0.659. The van der Waals surface area contributed by atoms with E-state index in [1.54, 1.807) is 5.19 Å². The number of nitrogens with zero attached hydrogens (tertiary/aromatic N) is 1. The first kappa shape index (κ1) is 16.5. The average Bonchev–Trinajstić information content (AvgIpc) is 3.05. The van der Waals surface area contributed by atoms with Crippen LogP contribution in [0.1, 0.15) is 24.0 Å². The fraction of sp³-hybridized carbons (Fsp3) is 0.348. The van der Waals surface area contributed by atoms with Gasteiger partial charge in [-0.2, -0.15) is 0 Å². The number of rotatable bonds is 2. The summed E-state index contributed by atoms with van der Waals surface area (Å²) < 4.78 is 2.28. The quantitative estimate of drug-likeness (QED) is 0.453. The molecule has 0 saturated carbocycles. The zero-order valence-electron chi connectivity index (χ0n) is 15.9. The van der Waals surface area contributed by atoms with Gasteiger partial charge in [-0.1, -0.05) is 66.5 Å². The fourth-order valence-electron chi connectivity index (χ4n) is 4.52. The lowest BCUT2D eigenvalue weighted by Crippen LogP contribution is -2.41. The van der Waals surface area contributed by atoms with Crippen molar-refractivity contribution in [3.63, 3.8) is 0 Å². The molecule has 0 atom stereocenters. The van der Waals surface area contributed by atoms with Crippen LogP contribution >= 0.6 is 0 Å². The van der Waals surface area contributed by atoms with Crippen molar-refractivity contribution in [2.75, 3.05) is 0 Å². The van der Waals surface area contributed by atoms with Crippen LogP contribution in [0.4, 0.5) is 0 Å². The second-order valence-electron chi connectivity index (χ2n) is 8.16. The number of hydrogen-bond donors (Lipinski definition) is 0. The van der Waals surface area contributed by atoms with E-state index in [0.29, 0.717) is 0 Å². The van der Waals surface area contributed by atoms with Gasteiger partial charge in [0.25, 0.3) is 0 Å². The van der Waals surface area contributed by atoms with E-state index in [-0.39, 0.29) is 0 Å². The van der Waals surface area contributed by atoms with Crippen molar-refractivity contribution < 1.29 is 4.57 Å². The average molecular weight is 347 g/mol. The minimum absolute atomic E-state index is 1.22. The molecular weight excluding hydrogens is 318 g/mol. The Morgan fingerprint density at radius 3 is 2.44 bits per heavy atom. The third kappa shape index (κ3) is 2.83. The van der Waals surface area contributed by atoms with Gasteiger partial charge >= 0.3 is 0 Å². The van der Waals surface area contributed by atoms with E-state index in [1.165, 1.54) is 58.1 Å². The zero-order chi connectivity index (χ0) is 17.6. The Bertz CT molecular complexity index is 952. The van der Waals surface area contributed by atoms with Crippen molar-refractivity contribution in [3.05, 3.63) is 59.8 Å². The predicted molar refractivity (Wildman–Crippen MR) is 110 cm³/mol. The molecule has 1 aliphatic rings. The van der Waals surface area contributed by atoms with E-state index in [1.807, 2.05) is 0 Å². The third-order valence-corrected chi connectivity index (χ3v) is 10.8. The zero-order valence-corrected chi connectivity index (χ0v) is 16.9. The molecule has 0 aliphatic carbocycles. The van der Waals surface area contributed by atoms with E-state index < -0.39 is 8.07 Å². The summed E-state index contributed by atoms with van der Waals surface area (Å²) in [5.41, 5.74) is 5.35. The molecule has 128 valence electrons. The van der Waals surface area contributed by atoms with Crippen LogP contribution in [0.2, 0.25) is 18.6 Å². The van der Waals surface area contributed by atoms with Gasteiger partial charge in [0.2, 0.25) is 5.69 Å². The second kappa shape index (κ2) is 6.10. The lowest BCUT2D eigenvalue weighted by atomic mass is 9.98. The van der Waals surface area contributed by atoms with Gasteiger partial charge in [0.1, 0.15) is 7.05 Å². The molecule has 0 radical (unpaired) electrons. The lowest BCUT2D eigenvalue weighted by Gasteiger charge is -2.22. The molecule has 0 unspecified atom stereocenters. The third-order valence-electron chi connectivity index (χ3n) is 6.19. The SMILES string of the molecule is Cc1ccc(C)c(-c2c3ccc([Si]4(C)CCCC4)cc3cc[n+]2C)c1. The topological polar surface area (TPSA) is 3.88 Å². The molecule has 0 amide bonds. The number of fused-ring (bicyclic) bond motifs is 1. The maximum Gasteiger partial charge on any atom is 0.220 e. The molecule has 1 aliphatic heterocycles. The molecule has 25 heavy (non-hydrogen) atoms. The van der Waals surface area contributed by atoms with Crippen molar-refractivity contribution in [2.45, 2.75) is 45.3 Å². The molecule has 0 N–H and O–H groups in total. The predicted octanol–water partition coefficient (Wildman–Crippen LogP) is 5.03. The molecule has 4 rings (SSSR count). The maximum absolute atomic E-state index is 2.58. The smallest absolute Gasteiger partial charge is 0.200 e. The van der Waals surface area contributed by atoms with Gasteiger partial charge < -0.3 is 0 Å². The summed E-state index contributed by atoms with van der Waals surface area (Å²) in [6.07, 6.45) is 5.08. The highest BCUT2D eigenvalue weighted by Crippen LogP contribution is 2.32. The summed E-state index contributed by atoms with van der Waals surface area (Å²) in [6, 6.07) is 19.3. The van der Waals surface area contributed by atoms with Gasteiger partial charge in [-0.15, -0.1) is 0 Å². The monoisotopic (exact) mass is 346 g/mol. The first-order chi connectivity index (χ1) is 12.0. The highest BCUT2D eigenvalue weighted by molar-refractivity contribution is 6.91. The van der Waals surface area contributed by atoms with E-state index in [0.717, 1.165) is 0 Å². The van der Waals surface area contributed by atoms with Crippen molar-refractivity contribution in [2.24, 2.45) is 7.05 Å². The Balaban J connectivity index is 1.93. The normalized spacial score (nSPS) is 16.5. The van der Waals surface area contributed by atoms with Crippen LogP contribution in [0, 0.1) is 13.8 Å². The Hall–Kier alpha value is -1.93. The van der Waals surface area contributed by atoms with Crippen molar-refractivity contribution >= 4 is 24.0 Å². The van der Waals surface area contributed by atoms with E-state index in [9.17, 15) is 0 Å². The molecule has 1 saturated heterocycles. The summed E-state index contributed by atoms with van der Waals surface area (Å²) in [4.78, 5) is 0. The Morgan fingerprint density at radius 2 is 1.68 bits per heavy atom. The van der Waals surface area contributed by atoms with Gasteiger partial charge in [-0.3, -0.25) is 0 Å². The Labute approximate surface area is 152 Å². The van der Waals surface area contributed by atoms with E-state index in [2.05, 4.69) is 80.7 Å². The summed E-state index contributed by atoms with van der Waals surface area (Å²) in [5, 5.41) is 4.42. The Kier molecular flexibility index (Phi) is 4.03. The standard InChI is InChI=1S/C23H28NSi/c1-17-7-8-18(2)22(15-17)23-21-10-9-20(25(4)13-5-6-14-25)16-19(21)11-12-24(23)3/h7-12,15-16H,5-6,13-14H2,1-4H3/q+1. The van der Waals surface area contributed by atoms with Crippen LogP contribution < -0.4 is 9.75 Å². The molecule has 2 heterocycles. The highest BCUT2D eigenvalue weighted by atomic mass is 28.3. The van der Waals surface area contributed by atoms with E-state index in [4.69, 9.17) is 0 Å². The minimum Gasteiger partial charge on any atom is -0.200 e. The van der Waals surface area contributed by atoms with Gasteiger partial charge in [0.05, 0.1) is 13.5 Å². The molecule has 0 bridgehead atoms. The van der Waals surface area contributed by atoms with Crippen molar-refractivity contribution in [1.29, 1.82) is 0 Å². The van der Waals surface area contributed by atoms with Gasteiger partial charge in [0, 0.05) is 11.6 Å². The van der Waals surface area contributed by atoms with E-state index >= 15 is 0 Å². The van der Waals surface area contributed by atoms with Crippen LogP contribution in [-0.4, -0.2) is 8.07 Å². The Morgan fingerprint density at radius 1 is 0.920 bits per heavy atom. The number of aromatic nitrogens is 1. The molecule has 3 aromatic rings. The van der Waals surface area contributed by atoms with Crippen LogP contribution in [-0.2, 0) is 7.05 Å². The summed E-state index contributed by atoms with van der Waals surface area (Å²) >= 11 is 0. The van der Waals surface area contributed by atoms with Crippen molar-refractivity contribution in [1.82, 2.24) is 0 Å². The second-order valence-corrected chi connectivity index (χ2v) is 12.9. The van der Waals surface area contributed by atoms with Crippen LogP contribution in [0.5, 0.6) is 0 Å². The molecule has 2 aromatic carbocycles. The summed E-state index contributed by atoms with van der Waals surface area (Å²) in [6.45, 7) is 6.98. The first-order valence-electron chi connectivity index (χ1n) is 9.48. The molecule has 1 nitrogen and oxygen atoms in total. The fourth-order valence-corrected chi connectivity index (χ4v) is 8.40.